The molecule has 0 aromatic heterocycles. The number of fused-ring (bicyclic) bond motifs is 8. The smallest absolute Gasteiger partial charge is 0.0159 e. The normalized spacial score (nSPS) is 13.3. The zero-order valence-electron chi connectivity index (χ0n) is 27.7. The fraction of sp³-hybridized carbons (Fsp3) is 0.0612. The van der Waals surface area contributed by atoms with Crippen LogP contribution in [0.25, 0.3) is 87.6 Å². The Morgan fingerprint density at radius 3 is 1.53 bits per heavy atom. The van der Waals surface area contributed by atoms with Crippen LogP contribution in [0.4, 0.5) is 0 Å². The molecule has 49 heavy (non-hydrogen) atoms. The van der Waals surface area contributed by atoms with Gasteiger partial charge >= 0.3 is 0 Å². The van der Waals surface area contributed by atoms with Gasteiger partial charge < -0.3 is 0 Å². The SMILES string of the molecule is CC1(C)c2ccc(-c3cccc(-c4c5ccccc5c(-c5cccc6ccccc56)c5ccccc45)c3)cc2-c2c1ccc1ccccc21. The van der Waals surface area contributed by atoms with Crippen LogP contribution in [-0.2, 0) is 5.41 Å². The van der Waals surface area contributed by atoms with Crippen LogP contribution in [0, 0.1) is 0 Å². The van der Waals surface area contributed by atoms with Crippen LogP contribution in [0.1, 0.15) is 25.0 Å². The Morgan fingerprint density at radius 1 is 0.306 bits per heavy atom. The molecule has 0 radical (unpaired) electrons. The van der Waals surface area contributed by atoms with E-state index in [0.29, 0.717) is 0 Å². The Bertz CT molecular complexity index is 2730. The molecule has 230 valence electrons. The van der Waals surface area contributed by atoms with E-state index in [4.69, 9.17) is 0 Å². The Labute approximate surface area is 286 Å². The third kappa shape index (κ3) is 4.11. The summed E-state index contributed by atoms with van der Waals surface area (Å²) >= 11 is 0. The van der Waals surface area contributed by atoms with Crippen LogP contribution in [0.2, 0.25) is 0 Å². The van der Waals surface area contributed by atoms with Gasteiger partial charge in [0, 0.05) is 5.41 Å². The van der Waals surface area contributed by atoms with Crippen molar-refractivity contribution in [3.8, 4) is 44.5 Å². The topological polar surface area (TPSA) is 0 Å². The lowest BCUT2D eigenvalue weighted by Crippen LogP contribution is -2.14. The van der Waals surface area contributed by atoms with Gasteiger partial charge in [-0.1, -0.05) is 172 Å². The van der Waals surface area contributed by atoms with E-state index in [0.717, 1.165) is 0 Å². The summed E-state index contributed by atoms with van der Waals surface area (Å²) in [5.41, 5.74) is 13.1. The molecular formula is C49H34. The highest BCUT2D eigenvalue weighted by Gasteiger charge is 2.36. The van der Waals surface area contributed by atoms with E-state index in [2.05, 4.69) is 184 Å². The predicted molar refractivity (Wildman–Crippen MR) is 210 cm³/mol. The molecule has 9 aromatic carbocycles. The predicted octanol–water partition coefficient (Wildman–Crippen LogP) is 13.6. The largest absolute Gasteiger partial charge is 0.0616 e. The molecule has 1 aliphatic rings. The Kier molecular flexibility index (Phi) is 6.02. The molecule has 1 aliphatic carbocycles. The minimum atomic E-state index is -0.0429. The van der Waals surface area contributed by atoms with Gasteiger partial charge in [-0.3, -0.25) is 0 Å². The highest BCUT2D eigenvalue weighted by molar-refractivity contribution is 6.23. The van der Waals surface area contributed by atoms with Crippen LogP contribution in [0.3, 0.4) is 0 Å². The van der Waals surface area contributed by atoms with Gasteiger partial charge in [-0.25, -0.2) is 0 Å². The molecule has 0 unspecified atom stereocenters. The zero-order valence-corrected chi connectivity index (χ0v) is 27.7. The van der Waals surface area contributed by atoms with Crippen molar-refractivity contribution in [1.82, 2.24) is 0 Å². The van der Waals surface area contributed by atoms with Crippen LogP contribution in [0.15, 0.2) is 170 Å². The summed E-state index contributed by atoms with van der Waals surface area (Å²) in [6.07, 6.45) is 0. The summed E-state index contributed by atoms with van der Waals surface area (Å²) in [4.78, 5) is 0. The third-order valence-electron chi connectivity index (χ3n) is 11.0. The van der Waals surface area contributed by atoms with Crippen LogP contribution in [-0.4, -0.2) is 0 Å². The highest BCUT2D eigenvalue weighted by Crippen LogP contribution is 2.52. The summed E-state index contributed by atoms with van der Waals surface area (Å²) < 4.78 is 0. The molecule has 0 spiro atoms. The molecule has 0 amide bonds. The molecule has 0 N–H and O–H groups in total. The fourth-order valence-electron chi connectivity index (χ4n) is 8.73. The minimum absolute atomic E-state index is 0.0429. The average molecular weight is 623 g/mol. The van der Waals surface area contributed by atoms with Crippen molar-refractivity contribution in [3.63, 3.8) is 0 Å². The standard InChI is InChI=1S/C49H34/c1-49(2)44-27-26-34(30-43(44)48-37-19-6-4-14-32(37)25-28-45(48)49)33-16-11-17-35(29-33)46-39-20-7-9-22-41(39)47(42-23-10-8-21-40(42)46)38-24-12-15-31-13-3-5-18-36(31)38/h3-30H,1-2H3. The third-order valence-corrected chi connectivity index (χ3v) is 11.0. The first kappa shape index (κ1) is 28.1. The van der Waals surface area contributed by atoms with Crippen molar-refractivity contribution < 1.29 is 0 Å². The molecule has 0 saturated heterocycles. The fourth-order valence-corrected chi connectivity index (χ4v) is 8.73. The van der Waals surface area contributed by atoms with E-state index in [1.807, 2.05) is 0 Å². The number of hydrogen-bond donors (Lipinski definition) is 0. The van der Waals surface area contributed by atoms with Crippen molar-refractivity contribution >= 4 is 43.1 Å². The molecule has 10 rings (SSSR count). The molecule has 0 heterocycles. The second kappa shape index (κ2) is 10.5. The van der Waals surface area contributed by atoms with Crippen molar-refractivity contribution in [1.29, 1.82) is 0 Å². The summed E-state index contributed by atoms with van der Waals surface area (Å²) in [5, 5.41) is 10.3. The van der Waals surface area contributed by atoms with Crippen LogP contribution < -0.4 is 0 Å². The maximum absolute atomic E-state index is 2.44. The molecule has 0 saturated carbocycles. The number of benzene rings is 9. The Balaban J connectivity index is 1.20. The van der Waals surface area contributed by atoms with Crippen LogP contribution in [0.5, 0.6) is 0 Å². The Hall–Kier alpha value is -5.98. The van der Waals surface area contributed by atoms with Gasteiger partial charge in [0.25, 0.3) is 0 Å². The molecular weight excluding hydrogens is 589 g/mol. The minimum Gasteiger partial charge on any atom is -0.0616 e. The van der Waals surface area contributed by atoms with Crippen molar-refractivity contribution in [3.05, 3.63) is 181 Å². The van der Waals surface area contributed by atoms with Gasteiger partial charge in [0.2, 0.25) is 0 Å². The molecule has 0 nitrogen and oxygen atoms in total. The lowest BCUT2D eigenvalue weighted by molar-refractivity contribution is 0.661. The maximum atomic E-state index is 2.44. The molecule has 0 heteroatoms. The summed E-state index contributed by atoms with van der Waals surface area (Å²) in [6.45, 7) is 4.73. The van der Waals surface area contributed by atoms with Crippen LogP contribution >= 0.6 is 0 Å². The van der Waals surface area contributed by atoms with Gasteiger partial charge in [0.05, 0.1) is 0 Å². The molecule has 0 atom stereocenters. The second-order valence-corrected chi connectivity index (χ2v) is 14.0. The quantitative estimate of drug-likeness (QED) is 0.172. The van der Waals surface area contributed by atoms with E-state index in [-0.39, 0.29) is 5.41 Å². The lowest BCUT2D eigenvalue weighted by atomic mass is 9.81. The molecule has 9 aromatic rings. The molecule has 0 fully saturated rings. The highest BCUT2D eigenvalue weighted by atomic mass is 14.4. The van der Waals surface area contributed by atoms with Crippen molar-refractivity contribution in [2.24, 2.45) is 0 Å². The Morgan fingerprint density at radius 2 is 0.816 bits per heavy atom. The maximum Gasteiger partial charge on any atom is 0.0159 e. The first-order valence-electron chi connectivity index (χ1n) is 17.3. The summed E-state index contributed by atoms with van der Waals surface area (Å²) in [5.74, 6) is 0. The molecule has 0 bridgehead atoms. The van der Waals surface area contributed by atoms with Crippen molar-refractivity contribution in [2.45, 2.75) is 19.3 Å². The van der Waals surface area contributed by atoms with E-state index in [9.17, 15) is 0 Å². The van der Waals surface area contributed by atoms with E-state index >= 15 is 0 Å². The monoisotopic (exact) mass is 622 g/mol. The average Bonchev–Trinajstić information content (AvgIpc) is 3.39. The van der Waals surface area contributed by atoms with Crippen molar-refractivity contribution in [2.75, 3.05) is 0 Å². The zero-order chi connectivity index (χ0) is 32.7. The van der Waals surface area contributed by atoms with E-state index in [1.165, 1.54) is 98.7 Å². The second-order valence-electron chi connectivity index (χ2n) is 14.0. The van der Waals surface area contributed by atoms with Gasteiger partial charge in [-0.05, 0) is 111 Å². The first-order valence-corrected chi connectivity index (χ1v) is 17.3. The van der Waals surface area contributed by atoms with Gasteiger partial charge in [-0.2, -0.15) is 0 Å². The first-order chi connectivity index (χ1) is 24.1. The summed E-state index contributed by atoms with van der Waals surface area (Å²) in [7, 11) is 0. The van der Waals surface area contributed by atoms with Gasteiger partial charge in [-0.15, -0.1) is 0 Å². The number of rotatable bonds is 3. The van der Waals surface area contributed by atoms with Gasteiger partial charge in [0.1, 0.15) is 0 Å². The van der Waals surface area contributed by atoms with Gasteiger partial charge in [0.15, 0.2) is 0 Å². The number of hydrogen-bond acceptors (Lipinski definition) is 0. The molecule has 0 aliphatic heterocycles. The lowest BCUT2D eigenvalue weighted by Gasteiger charge is -2.21. The van der Waals surface area contributed by atoms with E-state index < -0.39 is 0 Å². The summed E-state index contributed by atoms with van der Waals surface area (Å²) in [6, 6.07) is 63.1. The van der Waals surface area contributed by atoms with E-state index in [1.54, 1.807) is 0 Å².